The highest BCUT2D eigenvalue weighted by atomic mass is 16.7. The minimum Gasteiger partial charge on any atom is -0.346 e. The summed E-state index contributed by atoms with van der Waals surface area (Å²) < 4.78 is 10.8. The van der Waals surface area contributed by atoms with Crippen molar-refractivity contribution < 1.29 is 9.47 Å². The molecule has 0 aliphatic carbocycles. The van der Waals surface area contributed by atoms with Crippen molar-refractivity contribution in [1.29, 1.82) is 0 Å². The van der Waals surface area contributed by atoms with Crippen molar-refractivity contribution in [2.75, 3.05) is 13.2 Å². The highest BCUT2D eigenvalue weighted by molar-refractivity contribution is 4.64. The first-order chi connectivity index (χ1) is 7.85. The summed E-state index contributed by atoms with van der Waals surface area (Å²) in [6, 6.07) is 0. The molecule has 0 atom stereocenters. The molecule has 0 unspecified atom stereocenters. The molecule has 0 amide bonds. The number of unbranched alkanes of at least 4 members (excludes halogenated alkanes) is 6. The van der Waals surface area contributed by atoms with Crippen molar-refractivity contribution in [3.63, 3.8) is 0 Å². The van der Waals surface area contributed by atoms with Gasteiger partial charge in [0.1, 0.15) is 0 Å². The molecule has 0 aromatic heterocycles. The topological polar surface area (TPSA) is 18.5 Å². The Kier molecular flexibility index (Phi) is 12.9. The Morgan fingerprint density at radius 1 is 0.688 bits per heavy atom. The molecule has 0 aromatic rings. The Morgan fingerprint density at radius 2 is 1.19 bits per heavy atom. The maximum Gasteiger partial charge on any atom is 0.223 e. The van der Waals surface area contributed by atoms with Crippen molar-refractivity contribution in [2.45, 2.75) is 72.1 Å². The average molecular weight is 229 g/mol. The quantitative estimate of drug-likeness (QED) is 0.452. The lowest BCUT2D eigenvalue weighted by molar-refractivity contribution is -0.0433. The summed E-state index contributed by atoms with van der Waals surface area (Å²) in [6.45, 7) is 7.69. The van der Waals surface area contributed by atoms with Gasteiger partial charge in [-0.15, -0.1) is 0 Å². The highest BCUT2D eigenvalue weighted by Gasteiger charge is 2.08. The summed E-state index contributed by atoms with van der Waals surface area (Å²) >= 11 is 0. The number of hydrogen-bond acceptors (Lipinski definition) is 2. The molecule has 0 aliphatic rings. The minimum absolute atomic E-state index is 0.714. The summed E-state index contributed by atoms with van der Waals surface area (Å²) in [7, 11) is 0. The van der Waals surface area contributed by atoms with Gasteiger partial charge in [-0.2, -0.15) is 0 Å². The van der Waals surface area contributed by atoms with Crippen molar-refractivity contribution in [3.05, 3.63) is 6.29 Å². The van der Waals surface area contributed by atoms with Gasteiger partial charge in [-0.1, -0.05) is 45.4 Å². The van der Waals surface area contributed by atoms with Crippen LogP contribution in [0.2, 0.25) is 0 Å². The van der Waals surface area contributed by atoms with Gasteiger partial charge in [-0.25, -0.2) is 0 Å². The van der Waals surface area contributed by atoms with Gasteiger partial charge in [0.05, 0.1) is 0 Å². The van der Waals surface area contributed by atoms with E-state index in [2.05, 4.69) is 6.92 Å². The standard InChI is InChI=1S/C14H29O2/c1-4-7-8-9-10-11-12-13-14(15-5-2)16-6-3/h4-13H2,1-3H3. The molecule has 0 heterocycles. The lowest BCUT2D eigenvalue weighted by Crippen LogP contribution is -2.08. The SMILES string of the molecule is CCCCCCCCC[C](OCC)OCC. The zero-order valence-electron chi connectivity index (χ0n) is 11.4. The zero-order chi connectivity index (χ0) is 12.1. The predicted molar refractivity (Wildman–Crippen MR) is 69.1 cm³/mol. The Labute approximate surface area is 102 Å². The molecule has 0 aliphatic heterocycles. The molecular weight excluding hydrogens is 200 g/mol. The molecular formula is C14H29O2. The first-order valence-electron chi connectivity index (χ1n) is 6.96. The van der Waals surface area contributed by atoms with Crippen LogP contribution in [-0.2, 0) is 9.47 Å². The van der Waals surface area contributed by atoms with Crippen molar-refractivity contribution in [3.8, 4) is 0 Å². The fourth-order valence-electron chi connectivity index (χ4n) is 1.73. The van der Waals surface area contributed by atoms with E-state index >= 15 is 0 Å². The average Bonchev–Trinajstić information content (AvgIpc) is 2.28. The molecule has 0 N–H and O–H groups in total. The molecule has 0 spiro atoms. The van der Waals surface area contributed by atoms with Gasteiger partial charge in [-0.3, -0.25) is 0 Å². The van der Waals surface area contributed by atoms with E-state index < -0.39 is 0 Å². The van der Waals surface area contributed by atoms with E-state index in [1.807, 2.05) is 13.8 Å². The van der Waals surface area contributed by atoms with E-state index in [1.54, 1.807) is 0 Å². The van der Waals surface area contributed by atoms with Crippen molar-refractivity contribution in [2.24, 2.45) is 0 Å². The van der Waals surface area contributed by atoms with Crippen LogP contribution in [0.5, 0.6) is 0 Å². The number of rotatable bonds is 12. The van der Waals surface area contributed by atoms with Crippen molar-refractivity contribution >= 4 is 0 Å². The Hall–Kier alpha value is -0.0800. The molecule has 0 bridgehead atoms. The largest absolute Gasteiger partial charge is 0.346 e. The third-order valence-electron chi connectivity index (χ3n) is 2.60. The van der Waals surface area contributed by atoms with E-state index in [4.69, 9.17) is 9.47 Å². The molecule has 97 valence electrons. The van der Waals surface area contributed by atoms with Gasteiger partial charge in [-0.05, 0) is 20.3 Å². The summed E-state index contributed by atoms with van der Waals surface area (Å²) in [5.74, 6) is 0. The van der Waals surface area contributed by atoms with Gasteiger partial charge in [0.15, 0.2) is 0 Å². The molecule has 16 heavy (non-hydrogen) atoms. The lowest BCUT2D eigenvalue weighted by atomic mass is 10.1. The molecule has 2 nitrogen and oxygen atoms in total. The van der Waals surface area contributed by atoms with Crippen LogP contribution in [0.4, 0.5) is 0 Å². The molecule has 0 fully saturated rings. The highest BCUT2D eigenvalue weighted by Crippen LogP contribution is 2.16. The first-order valence-corrected chi connectivity index (χ1v) is 6.96. The van der Waals surface area contributed by atoms with E-state index in [-0.39, 0.29) is 0 Å². The fourth-order valence-corrected chi connectivity index (χ4v) is 1.73. The van der Waals surface area contributed by atoms with Crippen LogP contribution in [0.25, 0.3) is 0 Å². The molecule has 1 radical (unpaired) electrons. The molecule has 0 rings (SSSR count). The van der Waals surface area contributed by atoms with Gasteiger partial charge in [0, 0.05) is 19.6 Å². The van der Waals surface area contributed by atoms with Crippen LogP contribution in [0.1, 0.15) is 72.1 Å². The summed E-state index contributed by atoms with van der Waals surface area (Å²) in [6.07, 6.45) is 11.1. The van der Waals surface area contributed by atoms with E-state index in [0.29, 0.717) is 13.2 Å². The van der Waals surface area contributed by atoms with Gasteiger partial charge in [0.25, 0.3) is 0 Å². The number of hydrogen-bond donors (Lipinski definition) is 0. The van der Waals surface area contributed by atoms with Crippen LogP contribution >= 0.6 is 0 Å². The van der Waals surface area contributed by atoms with Crippen LogP contribution < -0.4 is 0 Å². The summed E-state index contributed by atoms with van der Waals surface area (Å²) in [5, 5.41) is 0. The maximum atomic E-state index is 5.42. The predicted octanol–water partition coefficient (Wildman–Crippen LogP) is 4.69. The third kappa shape index (κ3) is 10.4. The normalized spacial score (nSPS) is 11.2. The van der Waals surface area contributed by atoms with Crippen LogP contribution in [-0.4, -0.2) is 13.2 Å². The monoisotopic (exact) mass is 229 g/mol. The van der Waals surface area contributed by atoms with E-state index in [0.717, 1.165) is 12.7 Å². The lowest BCUT2D eigenvalue weighted by Gasteiger charge is -2.14. The molecule has 0 saturated heterocycles. The second kappa shape index (κ2) is 13.0. The second-order valence-corrected chi connectivity index (χ2v) is 4.11. The van der Waals surface area contributed by atoms with Crippen LogP contribution in [0.15, 0.2) is 0 Å². The zero-order valence-corrected chi connectivity index (χ0v) is 11.4. The molecule has 0 aromatic carbocycles. The van der Waals surface area contributed by atoms with Gasteiger partial charge < -0.3 is 9.47 Å². The van der Waals surface area contributed by atoms with Crippen LogP contribution in [0.3, 0.4) is 0 Å². The fraction of sp³-hybridized carbons (Fsp3) is 0.929. The van der Waals surface area contributed by atoms with E-state index in [9.17, 15) is 0 Å². The van der Waals surface area contributed by atoms with Gasteiger partial charge in [0.2, 0.25) is 6.29 Å². The summed E-state index contributed by atoms with van der Waals surface area (Å²) in [5.41, 5.74) is 0. The molecule has 0 saturated carbocycles. The van der Waals surface area contributed by atoms with Crippen LogP contribution in [0, 0.1) is 6.29 Å². The van der Waals surface area contributed by atoms with E-state index in [1.165, 1.54) is 44.9 Å². The Bertz CT molecular complexity index is 120. The summed E-state index contributed by atoms with van der Waals surface area (Å²) in [4.78, 5) is 0. The number of ether oxygens (including phenoxy) is 2. The Balaban J connectivity index is 3.25. The second-order valence-electron chi connectivity index (χ2n) is 4.11. The maximum absolute atomic E-state index is 5.42. The third-order valence-corrected chi connectivity index (χ3v) is 2.60. The Morgan fingerprint density at radius 3 is 1.69 bits per heavy atom. The van der Waals surface area contributed by atoms with Crippen molar-refractivity contribution in [1.82, 2.24) is 0 Å². The smallest absolute Gasteiger partial charge is 0.223 e. The molecule has 2 heteroatoms. The van der Waals surface area contributed by atoms with Gasteiger partial charge >= 0.3 is 0 Å². The minimum atomic E-state index is 0.714. The first kappa shape index (κ1) is 15.9.